The first-order valence-corrected chi connectivity index (χ1v) is 21.8. The molecule has 0 aliphatic carbocycles. The number of carbonyl (C=O) groups excluding carboxylic acids is 2. The number of ether oxygens (including phenoxy) is 1. The van der Waals surface area contributed by atoms with Crippen LogP contribution in [-0.2, 0) is 14.3 Å². The molecular weight excluding hydrogens is 625 g/mol. The summed E-state index contributed by atoms with van der Waals surface area (Å²) < 4.78 is 5.44. The summed E-state index contributed by atoms with van der Waals surface area (Å²) in [6.45, 7) is 4.92. The van der Waals surface area contributed by atoms with Crippen LogP contribution in [-0.4, -0.2) is 18.4 Å². The number of carbonyl (C=O) groups is 2. The van der Waals surface area contributed by atoms with Crippen molar-refractivity contribution in [1.29, 1.82) is 0 Å². The summed E-state index contributed by atoms with van der Waals surface area (Å²) in [5.41, 5.74) is 0. The number of rotatable bonds is 39. The lowest BCUT2D eigenvalue weighted by Gasteiger charge is -2.05. The van der Waals surface area contributed by atoms with Gasteiger partial charge in [0.05, 0.1) is 6.61 Å². The van der Waals surface area contributed by atoms with Gasteiger partial charge in [-0.2, -0.15) is 0 Å². The van der Waals surface area contributed by atoms with Crippen molar-refractivity contribution in [2.45, 2.75) is 213 Å². The predicted molar refractivity (Wildman–Crippen MR) is 225 cm³/mol. The van der Waals surface area contributed by atoms with Gasteiger partial charge >= 0.3 is 5.97 Å². The first-order chi connectivity index (χ1) is 25.2. The summed E-state index contributed by atoms with van der Waals surface area (Å²) in [6, 6.07) is 0. The van der Waals surface area contributed by atoms with Crippen LogP contribution >= 0.6 is 0 Å². The summed E-state index contributed by atoms with van der Waals surface area (Å²) in [6.07, 6.45) is 61.8. The van der Waals surface area contributed by atoms with Crippen LogP contribution in [0.15, 0.2) is 72.9 Å². The number of hydrogen-bond donors (Lipinski definition) is 0. The Morgan fingerprint density at radius 3 is 1.08 bits per heavy atom. The highest BCUT2D eigenvalue weighted by molar-refractivity contribution is 5.78. The molecule has 3 nitrogen and oxygen atoms in total. The Bertz CT molecular complexity index is 845. The van der Waals surface area contributed by atoms with Crippen molar-refractivity contribution in [2.24, 2.45) is 0 Å². The minimum atomic E-state index is -0.0156. The second kappa shape index (κ2) is 43.7. The van der Waals surface area contributed by atoms with E-state index in [0.29, 0.717) is 18.8 Å². The number of unbranched alkanes of at least 4 members (excludes halogenated alkanes) is 19. The van der Waals surface area contributed by atoms with Crippen LogP contribution in [0.2, 0.25) is 0 Å². The van der Waals surface area contributed by atoms with E-state index in [0.717, 1.165) is 96.3 Å². The van der Waals surface area contributed by atoms with Gasteiger partial charge in [-0.25, -0.2) is 0 Å². The van der Waals surface area contributed by atoms with Crippen molar-refractivity contribution in [3.8, 4) is 0 Å². The maximum atomic E-state index is 12.2. The molecule has 0 radical (unpaired) electrons. The minimum Gasteiger partial charge on any atom is -0.466 e. The molecule has 51 heavy (non-hydrogen) atoms. The number of allylic oxidation sites excluding steroid dienone is 12. The van der Waals surface area contributed by atoms with E-state index in [1.807, 2.05) is 0 Å². The zero-order valence-electron chi connectivity index (χ0n) is 33.8. The van der Waals surface area contributed by atoms with Gasteiger partial charge in [0.1, 0.15) is 5.78 Å². The van der Waals surface area contributed by atoms with Crippen LogP contribution in [0.5, 0.6) is 0 Å². The van der Waals surface area contributed by atoms with Gasteiger partial charge in [0, 0.05) is 19.3 Å². The Labute approximate surface area is 317 Å². The number of esters is 1. The van der Waals surface area contributed by atoms with Crippen LogP contribution in [0, 0.1) is 0 Å². The van der Waals surface area contributed by atoms with Gasteiger partial charge in [0.15, 0.2) is 0 Å². The topological polar surface area (TPSA) is 43.4 Å². The molecule has 0 aromatic heterocycles. The zero-order valence-corrected chi connectivity index (χ0v) is 33.8. The minimum absolute atomic E-state index is 0.0156. The third-order valence-corrected chi connectivity index (χ3v) is 9.25. The largest absolute Gasteiger partial charge is 0.466 e. The molecule has 292 valence electrons. The predicted octanol–water partition coefficient (Wildman–Crippen LogP) is 15.6. The molecule has 0 aromatic carbocycles. The molecule has 0 aliphatic rings. The van der Waals surface area contributed by atoms with Gasteiger partial charge in [-0.15, -0.1) is 0 Å². The smallest absolute Gasteiger partial charge is 0.305 e. The summed E-state index contributed by atoms with van der Waals surface area (Å²) in [7, 11) is 0. The standard InChI is InChI=1S/C48H82O3/c1-3-5-7-9-11-13-15-17-19-21-23-27-31-35-39-43-47(49)44-40-36-32-28-25-26-30-34-38-42-46-51-48(50)45-41-37-33-29-24-22-20-18-16-14-12-10-8-6-4-2/h5-8,11-14,17-20H,3-4,9-10,15-16,21-46H2,1-2H3/b7-5-,8-6-,13-11-,14-12-,19-17-,20-18-. The van der Waals surface area contributed by atoms with Crippen LogP contribution < -0.4 is 0 Å². The highest BCUT2D eigenvalue weighted by atomic mass is 16.5. The summed E-state index contributed by atoms with van der Waals surface area (Å²) >= 11 is 0. The molecule has 0 N–H and O–H groups in total. The van der Waals surface area contributed by atoms with Crippen molar-refractivity contribution in [3.05, 3.63) is 72.9 Å². The van der Waals surface area contributed by atoms with E-state index >= 15 is 0 Å². The molecule has 0 spiro atoms. The maximum absolute atomic E-state index is 12.2. The van der Waals surface area contributed by atoms with E-state index in [1.165, 1.54) is 96.3 Å². The van der Waals surface area contributed by atoms with Gasteiger partial charge in [-0.3, -0.25) is 9.59 Å². The van der Waals surface area contributed by atoms with Gasteiger partial charge in [0.25, 0.3) is 0 Å². The van der Waals surface area contributed by atoms with E-state index in [9.17, 15) is 9.59 Å². The summed E-state index contributed by atoms with van der Waals surface area (Å²) in [4.78, 5) is 24.2. The quantitative estimate of drug-likeness (QED) is 0.0363. The molecule has 0 aliphatic heterocycles. The lowest BCUT2D eigenvalue weighted by atomic mass is 10.0. The second-order valence-corrected chi connectivity index (χ2v) is 14.2. The molecule has 3 heteroatoms. The molecular formula is C48H82O3. The van der Waals surface area contributed by atoms with Crippen LogP contribution in [0.4, 0.5) is 0 Å². The monoisotopic (exact) mass is 707 g/mol. The van der Waals surface area contributed by atoms with Gasteiger partial charge in [-0.05, 0) is 89.9 Å². The normalized spacial score (nSPS) is 12.4. The average molecular weight is 707 g/mol. The maximum Gasteiger partial charge on any atom is 0.305 e. The lowest BCUT2D eigenvalue weighted by Crippen LogP contribution is -2.05. The first kappa shape index (κ1) is 48.6. The van der Waals surface area contributed by atoms with Gasteiger partial charge in [0.2, 0.25) is 0 Å². The number of Topliss-reactive ketones (excluding diaryl/α,β-unsaturated/α-hetero) is 1. The molecule has 0 fully saturated rings. The van der Waals surface area contributed by atoms with E-state index in [4.69, 9.17) is 4.74 Å². The van der Waals surface area contributed by atoms with Crippen molar-refractivity contribution in [3.63, 3.8) is 0 Å². The molecule has 0 saturated carbocycles. The van der Waals surface area contributed by atoms with Crippen molar-refractivity contribution in [1.82, 2.24) is 0 Å². The second-order valence-electron chi connectivity index (χ2n) is 14.2. The van der Waals surface area contributed by atoms with E-state index in [-0.39, 0.29) is 5.97 Å². The van der Waals surface area contributed by atoms with Crippen molar-refractivity contribution >= 4 is 11.8 Å². The first-order valence-electron chi connectivity index (χ1n) is 21.8. The third-order valence-electron chi connectivity index (χ3n) is 9.25. The van der Waals surface area contributed by atoms with Crippen molar-refractivity contribution < 1.29 is 14.3 Å². The van der Waals surface area contributed by atoms with E-state index in [2.05, 4.69) is 86.8 Å². The van der Waals surface area contributed by atoms with E-state index in [1.54, 1.807) is 0 Å². The zero-order chi connectivity index (χ0) is 37.0. The van der Waals surface area contributed by atoms with Gasteiger partial charge in [-0.1, -0.05) is 177 Å². The third kappa shape index (κ3) is 43.7. The molecule has 0 unspecified atom stereocenters. The summed E-state index contributed by atoms with van der Waals surface area (Å²) in [5.74, 6) is 0.459. The van der Waals surface area contributed by atoms with E-state index < -0.39 is 0 Å². The number of ketones is 1. The van der Waals surface area contributed by atoms with Crippen LogP contribution in [0.25, 0.3) is 0 Å². The Kier molecular flexibility index (Phi) is 41.7. The molecule has 0 rings (SSSR count). The molecule has 0 amide bonds. The Morgan fingerprint density at radius 1 is 0.353 bits per heavy atom. The fraction of sp³-hybridized carbons (Fsp3) is 0.708. The number of hydrogen-bond acceptors (Lipinski definition) is 3. The Balaban J connectivity index is 3.32. The Morgan fingerprint density at radius 2 is 0.667 bits per heavy atom. The highest BCUT2D eigenvalue weighted by Crippen LogP contribution is 2.14. The molecule has 0 heterocycles. The van der Waals surface area contributed by atoms with Crippen LogP contribution in [0.3, 0.4) is 0 Å². The van der Waals surface area contributed by atoms with Gasteiger partial charge < -0.3 is 4.74 Å². The molecule has 0 atom stereocenters. The molecule has 0 aromatic rings. The Hall–Kier alpha value is -2.42. The summed E-state index contributed by atoms with van der Waals surface area (Å²) in [5, 5.41) is 0. The molecule has 0 saturated heterocycles. The van der Waals surface area contributed by atoms with Crippen molar-refractivity contribution in [2.75, 3.05) is 6.61 Å². The fourth-order valence-electron chi connectivity index (χ4n) is 6.05. The fourth-order valence-corrected chi connectivity index (χ4v) is 6.05. The van der Waals surface area contributed by atoms with Crippen LogP contribution in [0.1, 0.15) is 213 Å². The average Bonchev–Trinajstić information content (AvgIpc) is 3.13. The lowest BCUT2D eigenvalue weighted by molar-refractivity contribution is -0.143. The molecule has 0 bridgehead atoms. The SMILES string of the molecule is CC/C=C\C/C=C\C/C=C\CCCCCCCC(=O)CCCCCCCCCCCCOC(=O)CCCCCCC/C=C\C/C=C\C/C=C\CC. The highest BCUT2D eigenvalue weighted by Gasteiger charge is 2.04.